The fourth-order valence-electron chi connectivity index (χ4n) is 12.4. The van der Waals surface area contributed by atoms with Gasteiger partial charge in [-0.2, -0.15) is 0 Å². The molecule has 0 saturated carbocycles. The number of ether oxygens (including phenoxy) is 1. The van der Waals surface area contributed by atoms with Crippen molar-refractivity contribution in [3.05, 3.63) is 0 Å². The van der Waals surface area contributed by atoms with Crippen LogP contribution in [0.15, 0.2) is 0 Å². The summed E-state index contributed by atoms with van der Waals surface area (Å²) in [7, 11) is 0. The summed E-state index contributed by atoms with van der Waals surface area (Å²) in [5, 5.41) is 23.3. The van der Waals surface area contributed by atoms with Crippen molar-refractivity contribution in [3.63, 3.8) is 0 Å². The topological polar surface area (TPSA) is 95.9 Å². The van der Waals surface area contributed by atoms with Crippen molar-refractivity contribution in [1.29, 1.82) is 0 Å². The molecular weight excluding hydrogens is 995 g/mol. The van der Waals surface area contributed by atoms with Gasteiger partial charge >= 0.3 is 5.97 Å². The summed E-state index contributed by atoms with van der Waals surface area (Å²) in [6, 6.07) is -0.535. The van der Waals surface area contributed by atoms with Gasteiger partial charge in [0.25, 0.3) is 0 Å². The SMILES string of the molecule is CCCCCCCCCCCCCCCCC(=O)OCCCCCCCCCCCCCCCCCCCCCCCCCCCCCCCCCCCCCCCC(=O)NC(CO)C(O)CCCCCCCCCCCCCCC. The monoisotopic (exact) mass is 1140 g/mol. The summed E-state index contributed by atoms with van der Waals surface area (Å²) in [6.45, 7) is 5.00. The van der Waals surface area contributed by atoms with E-state index in [4.69, 9.17) is 4.74 Å². The summed E-state index contributed by atoms with van der Waals surface area (Å²) in [4.78, 5) is 24.6. The number of unbranched alkanes of at least 4 members (excludes halogenated alkanes) is 61. The second-order valence-corrected chi connectivity index (χ2v) is 26.4. The van der Waals surface area contributed by atoms with Crippen LogP contribution in [0.5, 0.6) is 0 Å². The van der Waals surface area contributed by atoms with Gasteiger partial charge in [0, 0.05) is 12.8 Å². The Morgan fingerprint density at radius 3 is 0.753 bits per heavy atom. The number of hydrogen-bond donors (Lipinski definition) is 3. The molecule has 6 heteroatoms. The van der Waals surface area contributed by atoms with Crippen molar-refractivity contribution in [1.82, 2.24) is 5.32 Å². The van der Waals surface area contributed by atoms with Crippen LogP contribution in [0.4, 0.5) is 0 Å². The molecule has 0 fully saturated rings. The molecule has 3 N–H and O–H groups in total. The number of rotatable bonds is 72. The molecular formula is C75H149NO5. The van der Waals surface area contributed by atoms with Gasteiger partial charge in [0.05, 0.1) is 25.4 Å². The molecule has 0 aliphatic carbocycles. The zero-order valence-electron chi connectivity index (χ0n) is 55.6. The molecule has 0 heterocycles. The maximum absolute atomic E-state index is 12.5. The minimum atomic E-state index is -0.658. The standard InChI is InChI=1S/C75H149NO5/c1-3-5-7-9-11-13-15-17-45-49-53-57-61-65-69-75(80)81-70-66-62-58-54-50-46-42-40-38-36-34-32-30-28-26-24-22-20-18-19-21-23-25-27-29-31-33-35-37-39-41-44-48-52-56-60-64-68-74(79)76-72(71-77)73(78)67-63-59-55-51-47-43-16-14-12-10-8-6-4-2/h72-73,77-78H,3-71H2,1-2H3,(H,76,79). The highest BCUT2D eigenvalue weighted by atomic mass is 16.5. The third-order valence-corrected chi connectivity index (χ3v) is 18.2. The summed E-state index contributed by atoms with van der Waals surface area (Å²) >= 11 is 0. The van der Waals surface area contributed by atoms with Gasteiger partial charge in [-0.3, -0.25) is 9.59 Å². The fourth-order valence-corrected chi connectivity index (χ4v) is 12.4. The van der Waals surface area contributed by atoms with E-state index < -0.39 is 12.1 Å². The van der Waals surface area contributed by atoms with Crippen LogP contribution in [0.3, 0.4) is 0 Å². The van der Waals surface area contributed by atoms with E-state index in [-0.39, 0.29) is 18.5 Å². The lowest BCUT2D eigenvalue weighted by molar-refractivity contribution is -0.143. The zero-order valence-corrected chi connectivity index (χ0v) is 55.6. The molecule has 0 aromatic rings. The van der Waals surface area contributed by atoms with Crippen molar-refractivity contribution < 1.29 is 24.5 Å². The molecule has 0 spiro atoms. The number of carbonyl (C=O) groups excluding carboxylic acids is 2. The van der Waals surface area contributed by atoms with Crippen LogP contribution in [0, 0.1) is 0 Å². The molecule has 0 aliphatic heterocycles. The number of aliphatic hydroxyl groups excluding tert-OH is 2. The fraction of sp³-hybridized carbons (Fsp3) is 0.973. The van der Waals surface area contributed by atoms with Crippen LogP contribution in [-0.4, -0.2) is 47.4 Å². The molecule has 0 bridgehead atoms. The first-order chi connectivity index (χ1) is 40.0. The minimum Gasteiger partial charge on any atom is -0.466 e. The molecule has 1 amide bonds. The highest BCUT2D eigenvalue weighted by Crippen LogP contribution is 2.20. The van der Waals surface area contributed by atoms with E-state index in [1.165, 1.54) is 372 Å². The number of carbonyl (C=O) groups is 2. The lowest BCUT2D eigenvalue weighted by atomic mass is 10.0. The minimum absolute atomic E-state index is 0.0261. The van der Waals surface area contributed by atoms with Crippen LogP contribution >= 0.6 is 0 Å². The van der Waals surface area contributed by atoms with Crippen LogP contribution in [0.1, 0.15) is 444 Å². The van der Waals surface area contributed by atoms with Crippen LogP contribution in [0.25, 0.3) is 0 Å². The van der Waals surface area contributed by atoms with Crippen molar-refractivity contribution in [2.45, 2.75) is 456 Å². The predicted molar refractivity (Wildman–Crippen MR) is 357 cm³/mol. The molecule has 2 atom stereocenters. The normalized spacial score (nSPS) is 12.4. The third kappa shape index (κ3) is 67.9. The Balaban J connectivity index is 3.27. The van der Waals surface area contributed by atoms with E-state index in [0.29, 0.717) is 25.9 Å². The molecule has 6 nitrogen and oxygen atoms in total. The molecule has 0 aromatic heterocycles. The number of aliphatic hydroxyl groups is 2. The lowest BCUT2D eigenvalue weighted by Gasteiger charge is -2.22. The van der Waals surface area contributed by atoms with Gasteiger partial charge in [0.2, 0.25) is 5.91 Å². The second-order valence-electron chi connectivity index (χ2n) is 26.4. The summed E-state index contributed by atoms with van der Waals surface area (Å²) in [6.07, 6.45) is 87.7. The number of hydrogen-bond acceptors (Lipinski definition) is 5. The van der Waals surface area contributed by atoms with E-state index in [2.05, 4.69) is 19.2 Å². The van der Waals surface area contributed by atoms with E-state index >= 15 is 0 Å². The van der Waals surface area contributed by atoms with E-state index in [1.54, 1.807) is 0 Å². The van der Waals surface area contributed by atoms with Crippen molar-refractivity contribution in [3.8, 4) is 0 Å². The van der Waals surface area contributed by atoms with Crippen LogP contribution in [0.2, 0.25) is 0 Å². The molecule has 2 unspecified atom stereocenters. The number of amides is 1. The van der Waals surface area contributed by atoms with E-state index in [9.17, 15) is 19.8 Å². The van der Waals surface area contributed by atoms with Gasteiger partial charge < -0.3 is 20.3 Å². The van der Waals surface area contributed by atoms with Gasteiger partial charge in [-0.25, -0.2) is 0 Å². The Kier molecular flexibility index (Phi) is 70.3. The van der Waals surface area contributed by atoms with Crippen molar-refractivity contribution in [2.75, 3.05) is 13.2 Å². The summed E-state index contributed by atoms with van der Waals surface area (Å²) in [5.41, 5.74) is 0. The number of nitrogens with one attached hydrogen (secondary N) is 1. The highest BCUT2D eigenvalue weighted by molar-refractivity contribution is 5.76. The molecule has 0 radical (unpaired) electrons. The maximum Gasteiger partial charge on any atom is 0.305 e. The van der Waals surface area contributed by atoms with Gasteiger partial charge in [-0.05, 0) is 25.7 Å². The highest BCUT2D eigenvalue weighted by Gasteiger charge is 2.20. The summed E-state index contributed by atoms with van der Waals surface area (Å²) < 4.78 is 5.50. The van der Waals surface area contributed by atoms with E-state index in [1.807, 2.05) is 0 Å². The van der Waals surface area contributed by atoms with Gasteiger partial charge in [-0.15, -0.1) is 0 Å². The van der Waals surface area contributed by atoms with E-state index in [0.717, 1.165) is 38.5 Å². The van der Waals surface area contributed by atoms with Crippen LogP contribution < -0.4 is 5.32 Å². The summed E-state index contributed by atoms with van der Waals surface area (Å²) in [5.74, 6) is 0.000702. The molecule has 0 saturated heterocycles. The quantitative estimate of drug-likeness (QED) is 0.0417. The predicted octanol–water partition coefficient (Wildman–Crippen LogP) is 24.5. The lowest BCUT2D eigenvalue weighted by Crippen LogP contribution is -2.45. The van der Waals surface area contributed by atoms with Crippen molar-refractivity contribution in [2.24, 2.45) is 0 Å². The second kappa shape index (κ2) is 71.3. The average Bonchev–Trinajstić information content (AvgIpc) is 3.47. The maximum atomic E-state index is 12.5. The Morgan fingerprint density at radius 2 is 0.506 bits per heavy atom. The Bertz CT molecular complexity index is 1180. The first-order valence-corrected chi connectivity index (χ1v) is 37.8. The molecule has 484 valence electrons. The first-order valence-electron chi connectivity index (χ1n) is 37.8. The smallest absolute Gasteiger partial charge is 0.305 e. The Hall–Kier alpha value is -1.14. The van der Waals surface area contributed by atoms with Crippen LogP contribution in [-0.2, 0) is 14.3 Å². The van der Waals surface area contributed by atoms with Gasteiger partial charge in [-0.1, -0.05) is 406 Å². The molecule has 0 aromatic carbocycles. The van der Waals surface area contributed by atoms with Gasteiger partial charge in [0.1, 0.15) is 0 Å². The number of esters is 1. The molecule has 0 rings (SSSR count). The Labute approximate surface area is 508 Å². The zero-order chi connectivity index (χ0) is 58.5. The molecule has 0 aliphatic rings. The van der Waals surface area contributed by atoms with Crippen molar-refractivity contribution >= 4 is 11.9 Å². The Morgan fingerprint density at radius 1 is 0.296 bits per heavy atom. The van der Waals surface area contributed by atoms with Gasteiger partial charge in [0.15, 0.2) is 0 Å². The third-order valence-electron chi connectivity index (χ3n) is 18.2. The largest absolute Gasteiger partial charge is 0.466 e. The molecule has 81 heavy (non-hydrogen) atoms. The average molecular weight is 1150 g/mol. The first kappa shape index (κ1) is 79.9.